The Morgan fingerprint density at radius 3 is 2.44 bits per heavy atom. The zero-order valence-electron chi connectivity index (χ0n) is 10.5. The van der Waals surface area contributed by atoms with Crippen molar-refractivity contribution in [1.29, 1.82) is 0 Å². The predicted octanol–water partition coefficient (Wildman–Crippen LogP) is 4.73. The van der Waals surface area contributed by atoms with Crippen LogP contribution in [0.25, 0.3) is 0 Å². The van der Waals surface area contributed by atoms with Crippen molar-refractivity contribution in [2.75, 3.05) is 0 Å². The number of hydrogen-bond acceptors (Lipinski definition) is 0. The van der Waals surface area contributed by atoms with Gasteiger partial charge in [0.05, 0.1) is 0 Å². The normalized spacial score (nSPS) is 27.9. The van der Waals surface area contributed by atoms with E-state index in [9.17, 15) is 0 Å². The smallest absolute Gasteiger partial charge is 0.150 e. The molecule has 0 bridgehead atoms. The van der Waals surface area contributed by atoms with Crippen LogP contribution in [0.2, 0.25) is 12.6 Å². The molecule has 2 unspecified atom stereocenters. The first kappa shape index (κ1) is 12.5. The van der Waals surface area contributed by atoms with Gasteiger partial charge in [-0.05, 0) is 35.2 Å². The average molecular weight is 326 g/mol. The van der Waals surface area contributed by atoms with Crippen molar-refractivity contribution in [3.8, 4) is 0 Å². The lowest BCUT2D eigenvalue weighted by molar-refractivity contribution is 0.783. The van der Waals surface area contributed by atoms with Crippen molar-refractivity contribution in [3.63, 3.8) is 0 Å². The van der Waals surface area contributed by atoms with Gasteiger partial charge in [0, 0.05) is 0 Å². The molecule has 2 atom stereocenters. The summed E-state index contributed by atoms with van der Waals surface area (Å²) in [6.07, 6.45) is 3.82. The number of benzene rings is 1. The van der Waals surface area contributed by atoms with Crippen molar-refractivity contribution < 1.29 is 0 Å². The molecule has 1 saturated carbocycles. The zero-order valence-corrected chi connectivity index (χ0v) is 12.6. The highest BCUT2D eigenvalue weighted by Crippen LogP contribution is 2.61. The van der Waals surface area contributed by atoms with Crippen LogP contribution in [0.5, 0.6) is 0 Å². The summed E-state index contributed by atoms with van der Waals surface area (Å²) >= 11 is 2.57. The fourth-order valence-electron chi connectivity index (χ4n) is 2.74. The number of halogens is 1. The lowest BCUT2D eigenvalue weighted by Crippen LogP contribution is -2.08. The van der Waals surface area contributed by atoms with Crippen LogP contribution in [0.4, 0.5) is 0 Å². The van der Waals surface area contributed by atoms with Crippen molar-refractivity contribution in [2.24, 2.45) is 0 Å². The zero-order chi connectivity index (χ0) is 11.8. The van der Waals surface area contributed by atoms with Gasteiger partial charge in [-0.1, -0.05) is 51.4 Å². The summed E-state index contributed by atoms with van der Waals surface area (Å²) in [7, 11) is 0. The number of aryl methyl sites for hydroxylation is 1. The first-order chi connectivity index (χ1) is 7.58. The lowest BCUT2D eigenvalue weighted by atomic mass is 9.70. The Balaban J connectivity index is 2.11. The van der Waals surface area contributed by atoms with E-state index in [1.165, 1.54) is 24.8 Å². The molecule has 0 amide bonds. The molecule has 1 aliphatic carbocycles. The minimum absolute atomic E-state index is 0.464. The van der Waals surface area contributed by atoms with Crippen LogP contribution in [0.1, 0.15) is 37.8 Å². The molecule has 1 aliphatic rings. The van der Waals surface area contributed by atoms with Crippen LogP contribution in [0, 0.1) is 0 Å². The molecule has 0 radical (unpaired) electrons. The van der Waals surface area contributed by atoms with Crippen LogP contribution >= 0.6 is 22.4 Å². The summed E-state index contributed by atoms with van der Waals surface area (Å²) in [5, 5.41) is 0. The maximum Gasteiger partial charge on any atom is 0.218 e. The number of hydrogen-bond donors (Lipinski definition) is 0. The monoisotopic (exact) mass is 326 g/mol. The van der Waals surface area contributed by atoms with Gasteiger partial charge in [-0.2, -0.15) is 0 Å². The minimum atomic E-state index is 0.464. The molecule has 0 aliphatic heterocycles. The van der Waals surface area contributed by atoms with Crippen LogP contribution < -0.4 is 0 Å². The van der Waals surface area contributed by atoms with E-state index in [0.29, 0.717) is 5.41 Å². The Kier molecular flexibility index (Phi) is 3.67. The van der Waals surface area contributed by atoms with Gasteiger partial charge < -0.3 is 0 Å². The molecule has 1 aromatic carbocycles. The number of rotatable bonds is 4. The molecule has 0 nitrogen and oxygen atoms in total. The third-order valence-electron chi connectivity index (χ3n) is 4.01. The first-order valence-electron chi connectivity index (χ1n) is 6.31. The topological polar surface area (TPSA) is 0 Å². The molecular weight excluding hydrogens is 306 g/mol. The molecule has 0 heterocycles. The third-order valence-corrected chi connectivity index (χ3v) is 4.88. The van der Waals surface area contributed by atoms with Gasteiger partial charge in [0.15, 0.2) is 0 Å². The Morgan fingerprint density at radius 1 is 1.38 bits per heavy atom. The highest BCUT2D eigenvalue weighted by Gasteiger charge is 2.53. The van der Waals surface area contributed by atoms with E-state index in [0.717, 1.165) is 10.4 Å². The molecular formula is C14H20BI. The Labute approximate surface area is 113 Å². The third kappa shape index (κ3) is 2.32. The Hall–Kier alpha value is 0.0149. The second-order valence-electron chi connectivity index (χ2n) is 5.35. The van der Waals surface area contributed by atoms with Gasteiger partial charge >= 0.3 is 0 Å². The molecule has 2 heteroatoms. The van der Waals surface area contributed by atoms with Gasteiger partial charge in [0.2, 0.25) is 4.57 Å². The highest BCUT2D eigenvalue weighted by atomic mass is 127. The molecule has 0 spiro atoms. The van der Waals surface area contributed by atoms with E-state index in [2.05, 4.69) is 67.3 Å². The molecule has 0 N–H and O–H groups in total. The SMILES string of the molecule is CCCc1ccc(C2(C)CC2B(C)I)cc1. The summed E-state index contributed by atoms with van der Waals surface area (Å²) in [4.78, 5) is 0. The van der Waals surface area contributed by atoms with E-state index in [1.807, 2.05) is 0 Å². The second-order valence-corrected chi connectivity index (χ2v) is 7.32. The van der Waals surface area contributed by atoms with Crippen molar-refractivity contribution in [1.82, 2.24) is 0 Å². The van der Waals surface area contributed by atoms with E-state index in [-0.39, 0.29) is 0 Å². The summed E-state index contributed by atoms with van der Waals surface area (Å²) in [6, 6.07) is 9.34. The van der Waals surface area contributed by atoms with Crippen molar-refractivity contribution in [2.45, 2.75) is 51.2 Å². The van der Waals surface area contributed by atoms with Crippen LogP contribution in [0.15, 0.2) is 24.3 Å². The summed E-state index contributed by atoms with van der Waals surface area (Å²) in [5.74, 6) is 0.880. The van der Waals surface area contributed by atoms with Gasteiger partial charge in [0.25, 0.3) is 0 Å². The van der Waals surface area contributed by atoms with Crippen LogP contribution in [-0.2, 0) is 11.8 Å². The highest BCUT2D eigenvalue weighted by molar-refractivity contribution is 14.1. The fraction of sp³-hybridized carbons (Fsp3) is 0.571. The second kappa shape index (κ2) is 4.71. The van der Waals surface area contributed by atoms with Gasteiger partial charge in [-0.3, -0.25) is 0 Å². The summed E-state index contributed by atoms with van der Waals surface area (Å²) < 4.78 is 0.790. The van der Waals surface area contributed by atoms with E-state index in [1.54, 1.807) is 5.56 Å². The van der Waals surface area contributed by atoms with Gasteiger partial charge in [-0.15, -0.1) is 22.4 Å². The van der Waals surface area contributed by atoms with Gasteiger partial charge in [-0.25, -0.2) is 0 Å². The van der Waals surface area contributed by atoms with E-state index in [4.69, 9.17) is 0 Å². The van der Waals surface area contributed by atoms with Crippen molar-refractivity contribution >= 4 is 26.9 Å². The van der Waals surface area contributed by atoms with E-state index < -0.39 is 0 Å². The fourth-order valence-corrected chi connectivity index (χ4v) is 3.79. The quantitative estimate of drug-likeness (QED) is 0.554. The maximum absolute atomic E-state index is 2.57. The van der Waals surface area contributed by atoms with Crippen molar-refractivity contribution in [3.05, 3.63) is 35.4 Å². The largest absolute Gasteiger partial charge is 0.218 e. The summed E-state index contributed by atoms with van der Waals surface area (Å²) in [6.45, 7) is 6.99. The maximum atomic E-state index is 2.57. The van der Waals surface area contributed by atoms with Crippen LogP contribution in [0.3, 0.4) is 0 Å². The lowest BCUT2D eigenvalue weighted by Gasteiger charge is -2.13. The molecule has 0 saturated heterocycles. The van der Waals surface area contributed by atoms with Gasteiger partial charge in [0.1, 0.15) is 0 Å². The Morgan fingerprint density at radius 2 is 2.00 bits per heavy atom. The molecule has 1 fully saturated rings. The molecule has 16 heavy (non-hydrogen) atoms. The van der Waals surface area contributed by atoms with E-state index >= 15 is 0 Å². The minimum Gasteiger partial charge on any atom is -0.150 e. The Bertz CT molecular complexity index is 358. The first-order valence-corrected chi connectivity index (χ1v) is 7.56. The summed E-state index contributed by atoms with van der Waals surface area (Å²) in [5.41, 5.74) is 3.49. The standard InChI is InChI=1S/C14H20BI/c1-4-5-11-6-8-12(9-7-11)14(2)10-13(14)15(3)16/h6-9,13H,4-5,10H2,1-3H3. The average Bonchev–Trinajstić information content (AvgIpc) is 2.94. The molecule has 2 rings (SSSR count). The molecule has 86 valence electrons. The van der Waals surface area contributed by atoms with Crippen LogP contribution in [-0.4, -0.2) is 4.57 Å². The predicted molar refractivity (Wildman–Crippen MR) is 81.8 cm³/mol. The molecule has 0 aromatic heterocycles. The molecule has 1 aromatic rings.